The number of rotatable bonds is 4. The molecule has 0 spiro atoms. The Hall–Kier alpha value is -2.24. The largest absolute Gasteiger partial charge is 0.337 e. The van der Waals surface area contributed by atoms with Crippen LogP contribution in [0.15, 0.2) is 28.8 Å². The fraction of sp³-hybridized carbons (Fsp3) is 0.500. The molecule has 2 fully saturated rings. The Morgan fingerprint density at radius 2 is 2.00 bits per heavy atom. The summed E-state index contributed by atoms with van der Waals surface area (Å²) in [6, 6.07) is 6.19. The van der Waals surface area contributed by atoms with Gasteiger partial charge in [0.15, 0.2) is 5.82 Å². The van der Waals surface area contributed by atoms with Gasteiger partial charge < -0.3 is 9.42 Å². The molecule has 24 heavy (non-hydrogen) atoms. The van der Waals surface area contributed by atoms with Crippen molar-refractivity contribution >= 4 is 5.91 Å². The van der Waals surface area contributed by atoms with E-state index in [0.29, 0.717) is 18.1 Å². The molecule has 126 valence electrons. The van der Waals surface area contributed by atoms with Crippen LogP contribution in [0, 0.1) is 11.7 Å². The van der Waals surface area contributed by atoms with Gasteiger partial charge in [0.2, 0.25) is 11.8 Å². The molecule has 1 aliphatic heterocycles. The molecule has 5 nitrogen and oxygen atoms in total. The summed E-state index contributed by atoms with van der Waals surface area (Å²) in [5.41, 5.74) is 0.928. The zero-order valence-corrected chi connectivity index (χ0v) is 13.4. The Bertz CT molecular complexity index is 724. The zero-order valence-electron chi connectivity index (χ0n) is 13.4. The number of hydrogen-bond acceptors (Lipinski definition) is 4. The van der Waals surface area contributed by atoms with Gasteiger partial charge >= 0.3 is 0 Å². The van der Waals surface area contributed by atoms with E-state index in [2.05, 4.69) is 10.1 Å². The number of aromatic nitrogens is 2. The monoisotopic (exact) mass is 329 g/mol. The van der Waals surface area contributed by atoms with Crippen LogP contribution in [0.25, 0.3) is 0 Å². The SMILES string of the molecule is O=C(C1CCC1)N1CCC[C@@H]1c1nc(Cc2ccc(F)cc2)no1. The summed E-state index contributed by atoms with van der Waals surface area (Å²) in [7, 11) is 0. The number of amides is 1. The number of carbonyl (C=O) groups excluding carboxylic acids is 1. The minimum Gasteiger partial charge on any atom is -0.337 e. The molecule has 1 amide bonds. The highest BCUT2D eigenvalue weighted by molar-refractivity contribution is 5.80. The number of halogens is 1. The van der Waals surface area contributed by atoms with Crippen LogP contribution in [0.4, 0.5) is 4.39 Å². The zero-order chi connectivity index (χ0) is 16.5. The first-order valence-corrected chi connectivity index (χ1v) is 8.58. The van der Waals surface area contributed by atoms with Gasteiger partial charge in [-0.3, -0.25) is 4.79 Å². The molecule has 1 saturated carbocycles. The van der Waals surface area contributed by atoms with Crippen molar-refractivity contribution in [3.05, 3.63) is 47.4 Å². The molecule has 0 radical (unpaired) electrons. The molecular weight excluding hydrogens is 309 g/mol. The smallest absolute Gasteiger partial charge is 0.249 e. The maximum Gasteiger partial charge on any atom is 0.249 e. The van der Waals surface area contributed by atoms with Gasteiger partial charge in [0.1, 0.15) is 11.9 Å². The number of nitrogens with zero attached hydrogens (tertiary/aromatic N) is 3. The molecule has 4 rings (SSSR count). The molecular formula is C18H20FN3O2. The Kier molecular flexibility index (Phi) is 4.04. The van der Waals surface area contributed by atoms with Gasteiger partial charge in [-0.1, -0.05) is 23.7 Å². The van der Waals surface area contributed by atoms with E-state index in [4.69, 9.17) is 4.52 Å². The van der Waals surface area contributed by atoms with Crippen molar-refractivity contribution in [3.8, 4) is 0 Å². The van der Waals surface area contributed by atoms with E-state index in [9.17, 15) is 9.18 Å². The predicted molar refractivity (Wildman–Crippen MR) is 84.5 cm³/mol. The van der Waals surface area contributed by atoms with E-state index in [-0.39, 0.29) is 23.7 Å². The number of hydrogen-bond donors (Lipinski definition) is 0. The highest BCUT2D eigenvalue weighted by atomic mass is 19.1. The molecule has 0 bridgehead atoms. The van der Waals surface area contributed by atoms with Crippen molar-refractivity contribution in [1.82, 2.24) is 15.0 Å². The van der Waals surface area contributed by atoms with E-state index in [0.717, 1.165) is 44.2 Å². The van der Waals surface area contributed by atoms with Crippen LogP contribution in [0.1, 0.15) is 55.4 Å². The van der Waals surface area contributed by atoms with Crippen LogP contribution in [0.5, 0.6) is 0 Å². The average molecular weight is 329 g/mol. The van der Waals surface area contributed by atoms with Crippen LogP contribution >= 0.6 is 0 Å². The van der Waals surface area contributed by atoms with Crippen molar-refractivity contribution in [3.63, 3.8) is 0 Å². The van der Waals surface area contributed by atoms with Gasteiger partial charge in [-0.2, -0.15) is 4.98 Å². The fourth-order valence-electron chi connectivity index (χ4n) is 3.44. The topological polar surface area (TPSA) is 59.2 Å². The van der Waals surface area contributed by atoms with Crippen LogP contribution < -0.4 is 0 Å². The summed E-state index contributed by atoms with van der Waals surface area (Å²) >= 11 is 0. The van der Waals surface area contributed by atoms with E-state index in [1.807, 2.05) is 4.90 Å². The molecule has 1 aromatic carbocycles. The predicted octanol–water partition coefficient (Wildman–Crippen LogP) is 3.26. The van der Waals surface area contributed by atoms with E-state index >= 15 is 0 Å². The Balaban J connectivity index is 1.47. The molecule has 1 aliphatic carbocycles. The third kappa shape index (κ3) is 2.92. The Morgan fingerprint density at radius 1 is 1.21 bits per heavy atom. The van der Waals surface area contributed by atoms with Crippen LogP contribution in [-0.4, -0.2) is 27.5 Å². The first-order chi connectivity index (χ1) is 11.7. The Morgan fingerprint density at radius 3 is 2.71 bits per heavy atom. The highest BCUT2D eigenvalue weighted by Crippen LogP contribution is 2.36. The maximum absolute atomic E-state index is 13.0. The molecule has 2 aromatic rings. The van der Waals surface area contributed by atoms with Crippen LogP contribution in [0.3, 0.4) is 0 Å². The fourth-order valence-corrected chi connectivity index (χ4v) is 3.44. The van der Waals surface area contributed by atoms with Gasteiger partial charge in [0.05, 0.1) is 0 Å². The van der Waals surface area contributed by atoms with Crippen molar-refractivity contribution in [2.45, 2.75) is 44.6 Å². The molecule has 2 aliphatic rings. The van der Waals surface area contributed by atoms with Crippen LogP contribution in [0.2, 0.25) is 0 Å². The molecule has 1 saturated heterocycles. The lowest BCUT2D eigenvalue weighted by atomic mass is 9.84. The lowest BCUT2D eigenvalue weighted by molar-refractivity contribution is -0.139. The van der Waals surface area contributed by atoms with Gasteiger partial charge in [-0.05, 0) is 43.4 Å². The minimum atomic E-state index is -0.261. The number of likely N-dealkylation sites (tertiary alicyclic amines) is 1. The molecule has 2 heterocycles. The number of benzene rings is 1. The Labute approximate surface area is 139 Å². The van der Waals surface area contributed by atoms with Crippen molar-refractivity contribution < 1.29 is 13.7 Å². The third-order valence-corrected chi connectivity index (χ3v) is 5.03. The van der Waals surface area contributed by atoms with Gasteiger partial charge in [0.25, 0.3) is 0 Å². The van der Waals surface area contributed by atoms with Gasteiger partial charge in [-0.25, -0.2) is 4.39 Å². The standard InChI is InChI=1S/C18H20FN3O2/c19-14-8-6-12(7-9-14)11-16-20-17(24-21-16)15-5-2-10-22(15)18(23)13-3-1-4-13/h6-9,13,15H,1-5,10-11H2/t15-/m1/s1. The summed E-state index contributed by atoms with van der Waals surface area (Å²) in [4.78, 5) is 18.9. The van der Waals surface area contributed by atoms with Crippen LogP contribution in [-0.2, 0) is 11.2 Å². The van der Waals surface area contributed by atoms with E-state index in [1.165, 1.54) is 12.1 Å². The lowest BCUT2D eigenvalue weighted by Crippen LogP contribution is -2.38. The summed E-state index contributed by atoms with van der Waals surface area (Å²) < 4.78 is 18.4. The first kappa shape index (κ1) is 15.3. The van der Waals surface area contributed by atoms with Crippen molar-refractivity contribution in [1.29, 1.82) is 0 Å². The summed E-state index contributed by atoms with van der Waals surface area (Å²) in [6.45, 7) is 0.773. The van der Waals surface area contributed by atoms with E-state index < -0.39 is 0 Å². The normalized spacial score (nSPS) is 21.0. The summed E-state index contributed by atoms with van der Waals surface area (Å²) in [5.74, 6) is 1.26. The maximum atomic E-state index is 13.0. The summed E-state index contributed by atoms with van der Waals surface area (Å²) in [5, 5.41) is 4.03. The lowest BCUT2D eigenvalue weighted by Gasteiger charge is -2.31. The average Bonchev–Trinajstić information content (AvgIpc) is 3.16. The van der Waals surface area contributed by atoms with Crippen molar-refractivity contribution in [2.75, 3.05) is 6.54 Å². The van der Waals surface area contributed by atoms with Crippen molar-refractivity contribution in [2.24, 2.45) is 5.92 Å². The molecule has 1 aromatic heterocycles. The molecule has 6 heteroatoms. The second kappa shape index (κ2) is 6.34. The second-order valence-corrected chi connectivity index (χ2v) is 6.67. The van der Waals surface area contributed by atoms with Gasteiger partial charge in [-0.15, -0.1) is 0 Å². The van der Waals surface area contributed by atoms with Gasteiger partial charge in [0, 0.05) is 18.9 Å². The molecule has 0 unspecified atom stereocenters. The molecule has 1 atom stereocenters. The molecule has 0 N–H and O–H groups in total. The minimum absolute atomic E-state index is 0.0902. The quantitative estimate of drug-likeness (QED) is 0.864. The second-order valence-electron chi connectivity index (χ2n) is 6.67. The summed E-state index contributed by atoms with van der Waals surface area (Å²) in [6.07, 6.45) is 5.49. The number of carbonyl (C=O) groups is 1. The highest BCUT2D eigenvalue weighted by Gasteiger charge is 2.38. The first-order valence-electron chi connectivity index (χ1n) is 8.58. The van der Waals surface area contributed by atoms with E-state index in [1.54, 1.807) is 12.1 Å². The third-order valence-electron chi connectivity index (χ3n) is 5.03.